The van der Waals surface area contributed by atoms with Gasteiger partial charge in [-0.3, -0.25) is 14.5 Å². The molecule has 1 aliphatic rings. The second-order valence-electron chi connectivity index (χ2n) is 8.30. The lowest BCUT2D eigenvalue weighted by molar-refractivity contribution is -0.156. The van der Waals surface area contributed by atoms with Gasteiger partial charge in [0.05, 0.1) is 12.5 Å². The van der Waals surface area contributed by atoms with E-state index in [1.807, 2.05) is 20.8 Å². The summed E-state index contributed by atoms with van der Waals surface area (Å²) < 4.78 is 15.6. The quantitative estimate of drug-likeness (QED) is 0.537. The standard InChI is InChI=1S/C18H31NO6/c1-8-23-14(20)11-19(16(22)25-18(5,6)7)10-12-9-13(12)15(21)24-17(2,3)4/h12-13H,8-11H2,1-7H3. The van der Waals surface area contributed by atoms with E-state index in [-0.39, 0.29) is 37.5 Å². The molecule has 144 valence electrons. The molecule has 2 unspecified atom stereocenters. The van der Waals surface area contributed by atoms with Crippen molar-refractivity contribution in [3.05, 3.63) is 0 Å². The van der Waals surface area contributed by atoms with Crippen LogP contribution >= 0.6 is 0 Å². The third-order valence-corrected chi connectivity index (χ3v) is 3.36. The van der Waals surface area contributed by atoms with Gasteiger partial charge in [0.1, 0.15) is 17.7 Å². The molecule has 1 aliphatic carbocycles. The van der Waals surface area contributed by atoms with Crippen molar-refractivity contribution in [3.63, 3.8) is 0 Å². The molecule has 0 radical (unpaired) electrons. The number of amides is 1. The molecule has 0 aromatic heterocycles. The highest BCUT2D eigenvalue weighted by Crippen LogP contribution is 2.41. The Labute approximate surface area is 150 Å². The van der Waals surface area contributed by atoms with Crippen molar-refractivity contribution in [2.24, 2.45) is 11.8 Å². The number of hydrogen-bond acceptors (Lipinski definition) is 6. The topological polar surface area (TPSA) is 82.1 Å². The van der Waals surface area contributed by atoms with Gasteiger partial charge in [0.25, 0.3) is 0 Å². The minimum atomic E-state index is -0.669. The van der Waals surface area contributed by atoms with Crippen LogP contribution in [0.15, 0.2) is 0 Å². The zero-order valence-electron chi connectivity index (χ0n) is 16.4. The van der Waals surface area contributed by atoms with Crippen LogP contribution in [0.25, 0.3) is 0 Å². The maximum Gasteiger partial charge on any atom is 0.410 e. The predicted octanol–water partition coefficient (Wildman–Crippen LogP) is 2.76. The number of esters is 2. The summed E-state index contributed by atoms with van der Waals surface area (Å²) in [7, 11) is 0. The largest absolute Gasteiger partial charge is 0.465 e. The Bertz CT molecular complexity index is 503. The summed E-state index contributed by atoms with van der Waals surface area (Å²) in [4.78, 5) is 37.5. The average Bonchev–Trinajstić information content (AvgIpc) is 3.13. The number of ether oxygens (including phenoxy) is 3. The van der Waals surface area contributed by atoms with Gasteiger partial charge in [0, 0.05) is 6.54 Å². The highest BCUT2D eigenvalue weighted by Gasteiger charge is 2.47. The first-order valence-electron chi connectivity index (χ1n) is 8.69. The molecule has 0 heterocycles. The first kappa shape index (κ1) is 21.3. The molecule has 25 heavy (non-hydrogen) atoms. The molecule has 0 N–H and O–H groups in total. The Morgan fingerprint density at radius 2 is 1.56 bits per heavy atom. The van der Waals surface area contributed by atoms with E-state index in [1.165, 1.54) is 4.90 Å². The SMILES string of the molecule is CCOC(=O)CN(CC1CC1C(=O)OC(C)(C)C)C(=O)OC(C)(C)C. The van der Waals surface area contributed by atoms with Gasteiger partial charge in [-0.25, -0.2) is 4.79 Å². The Balaban J connectivity index is 2.67. The van der Waals surface area contributed by atoms with E-state index in [1.54, 1.807) is 27.7 Å². The van der Waals surface area contributed by atoms with E-state index in [4.69, 9.17) is 14.2 Å². The van der Waals surface area contributed by atoms with Gasteiger partial charge in [-0.1, -0.05) is 0 Å². The van der Waals surface area contributed by atoms with Gasteiger partial charge in [0.15, 0.2) is 0 Å². The highest BCUT2D eigenvalue weighted by molar-refractivity contribution is 5.79. The van der Waals surface area contributed by atoms with E-state index in [0.29, 0.717) is 6.42 Å². The number of nitrogens with zero attached hydrogens (tertiary/aromatic N) is 1. The summed E-state index contributed by atoms with van der Waals surface area (Å²) >= 11 is 0. The van der Waals surface area contributed by atoms with Gasteiger partial charge in [-0.2, -0.15) is 0 Å². The molecule has 0 saturated heterocycles. The van der Waals surface area contributed by atoms with E-state index >= 15 is 0 Å². The first-order chi connectivity index (χ1) is 11.3. The molecule has 1 amide bonds. The zero-order chi connectivity index (χ0) is 19.4. The van der Waals surface area contributed by atoms with Gasteiger partial charge >= 0.3 is 18.0 Å². The Morgan fingerprint density at radius 3 is 2.04 bits per heavy atom. The molecular formula is C18H31NO6. The summed E-state index contributed by atoms with van der Waals surface area (Å²) in [5.74, 6) is -1.04. The molecule has 0 spiro atoms. The molecular weight excluding hydrogens is 326 g/mol. The van der Waals surface area contributed by atoms with Crippen molar-refractivity contribution in [2.75, 3.05) is 19.7 Å². The van der Waals surface area contributed by atoms with E-state index in [2.05, 4.69) is 0 Å². The van der Waals surface area contributed by atoms with Gasteiger partial charge in [0.2, 0.25) is 0 Å². The molecule has 2 atom stereocenters. The molecule has 1 saturated carbocycles. The van der Waals surface area contributed by atoms with Crippen molar-refractivity contribution < 1.29 is 28.6 Å². The molecule has 1 rings (SSSR count). The van der Waals surface area contributed by atoms with Crippen LogP contribution in [-0.4, -0.2) is 53.8 Å². The monoisotopic (exact) mass is 357 g/mol. The average molecular weight is 357 g/mol. The fourth-order valence-electron chi connectivity index (χ4n) is 2.29. The molecule has 0 bridgehead atoms. The molecule has 1 fully saturated rings. The fourth-order valence-corrected chi connectivity index (χ4v) is 2.29. The number of hydrogen-bond donors (Lipinski definition) is 0. The van der Waals surface area contributed by atoms with Crippen LogP contribution in [0.2, 0.25) is 0 Å². The van der Waals surface area contributed by atoms with Crippen LogP contribution in [0, 0.1) is 11.8 Å². The highest BCUT2D eigenvalue weighted by atomic mass is 16.6. The number of rotatable bonds is 6. The zero-order valence-corrected chi connectivity index (χ0v) is 16.4. The predicted molar refractivity (Wildman–Crippen MR) is 91.9 cm³/mol. The van der Waals surface area contributed by atoms with Gasteiger partial charge in [-0.05, 0) is 60.8 Å². The second kappa shape index (κ2) is 8.06. The van der Waals surface area contributed by atoms with Crippen LogP contribution in [0.3, 0.4) is 0 Å². The van der Waals surface area contributed by atoms with Crippen molar-refractivity contribution >= 4 is 18.0 Å². The van der Waals surface area contributed by atoms with Gasteiger partial charge < -0.3 is 14.2 Å². The first-order valence-corrected chi connectivity index (χ1v) is 8.69. The lowest BCUT2D eigenvalue weighted by Crippen LogP contribution is -2.41. The number of carbonyl (C=O) groups excluding carboxylic acids is 3. The summed E-state index contributed by atoms with van der Waals surface area (Å²) in [6.45, 7) is 12.7. The van der Waals surface area contributed by atoms with Crippen LogP contribution in [0.1, 0.15) is 54.9 Å². The summed E-state index contributed by atoms with van der Waals surface area (Å²) in [5, 5.41) is 0. The lowest BCUT2D eigenvalue weighted by atomic mass is 10.2. The fraction of sp³-hybridized carbons (Fsp3) is 0.833. The Kier molecular flexibility index (Phi) is 6.85. The minimum Gasteiger partial charge on any atom is -0.465 e. The Morgan fingerprint density at radius 1 is 1.00 bits per heavy atom. The smallest absolute Gasteiger partial charge is 0.410 e. The molecule has 7 nitrogen and oxygen atoms in total. The molecule has 0 aliphatic heterocycles. The molecule has 7 heteroatoms. The van der Waals surface area contributed by atoms with Crippen LogP contribution in [0.5, 0.6) is 0 Å². The van der Waals surface area contributed by atoms with Crippen molar-refractivity contribution in [1.29, 1.82) is 0 Å². The third kappa shape index (κ3) is 8.23. The second-order valence-corrected chi connectivity index (χ2v) is 8.30. The van der Waals surface area contributed by atoms with E-state index in [0.717, 1.165) is 0 Å². The van der Waals surface area contributed by atoms with Gasteiger partial charge in [-0.15, -0.1) is 0 Å². The number of carbonyl (C=O) groups is 3. The lowest BCUT2D eigenvalue weighted by Gasteiger charge is -2.27. The maximum atomic E-state index is 12.3. The normalized spacial score (nSPS) is 19.8. The van der Waals surface area contributed by atoms with Crippen LogP contribution in [0.4, 0.5) is 4.79 Å². The van der Waals surface area contributed by atoms with E-state index < -0.39 is 23.3 Å². The summed E-state index contributed by atoms with van der Waals surface area (Å²) in [6, 6.07) is 0. The van der Waals surface area contributed by atoms with Crippen molar-refractivity contribution in [2.45, 2.75) is 66.1 Å². The van der Waals surface area contributed by atoms with Crippen molar-refractivity contribution in [3.8, 4) is 0 Å². The maximum absolute atomic E-state index is 12.3. The van der Waals surface area contributed by atoms with Crippen LogP contribution in [-0.2, 0) is 23.8 Å². The molecule has 0 aromatic rings. The minimum absolute atomic E-state index is 0.0307. The summed E-state index contributed by atoms with van der Waals surface area (Å²) in [5.41, 5.74) is -1.21. The van der Waals surface area contributed by atoms with Crippen molar-refractivity contribution in [1.82, 2.24) is 4.90 Å². The third-order valence-electron chi connectivity index (χ3n) is 3.36. The Hall–Kier alpha value is -1.79. The van der Waals surface area contributed by atoms with Crippen LogP contribution < -0.4 is 0 Å². The molecule has 0 aromatic carbocycles. The van der Waals surface area contributed by atoms with E-state index in [9.17, 15) is 14.4 Å². The summed E-state index contributed by atoms with van der Waals surface area (Å²) in [6.07, 6.45) is 0.0483.